The molecule has 0 saturated heterocycles. The zero-order valence-corrected chi connectivity index (χ0v) is 13.5. The van der Waals surface area contributed by atoms with Crippen LogP contribution in [0.25, 0.3) is 0 Å². The molecule has 1 N–H and O–H groups in total. The molecular formula is C16H19N3O2S. The van der Waals surface area contributed by atoms with Gasteiger partial charge in [0.2, 0.25) is 11.8 Å². The van der Waals surface area contributed by atoms with Gasteiger partial charge in [-0.05, 0) is 53.4 Å². The van der Waals surface area contributed by atoms with Gasteiger partial charge in [-0.3, -0.25) is 9.59 Å². The van der Waals surface area contributed by atoms with E-state index in [-0.39, 0.29) is 18.4 Å². The number of carbonyl (C=O) groups excluding carboxylic acids is 2. The van der Waals surface area contributed by atoms with E-state index in [0.29, 0.717) is 18.7 Å². The summed E-state index contributed by atoms with van der Waals surface area (Å²) in [6.45, 7) is 1.95. The molecule has 22 heavy (non-hydrogen) atoms. The molecule has 5 nitrogen and oxygen atoms in total. The van der Waals surface area contributed by atoms with Crippen molar-refractivity contribution >= 4 is 29.0 Å². The van der Waals surface area contributed by atoms with Crippen LogP contribution in [0.1, 0.15) is 17.5 Å². The van der Waals surface area contributed by atoms with Gasteiger partial charge in [-0.1, -0.05) is 0 Å². The lowest BCUT2D eigenvalue weighted by Gasteiger charge is -2.16. The molecule has 0 radical (unpaired) electrons. The molecule has 0 aliphatic rings. The third kappa shape index (κ3) is 4.96. The Morgan fingerprint density at radius 2 is 2.18 bits per heavy atom. The fourth-order valence-corrected chi connectivity index (χ4v) is 2.67. The van der Waals surface area contributed by atoms with Crippen molar-refractivity contribution < 1.29 is 9.59 Å². The molecule has 0 spiro atoms. The monoisotopic (exact) mass is 317 g/mol. The van der Waals surface area contributed by atoms with Crippen LogP contribution in [-0.2, 0) is 16.0 Å². The van der Waals surface area contributed by atoms with Crippen molar-refractivity contribution in [3.63, 3.8) is 0 Å². The zero-order valence-electron chi connectivity index (χ0n) is 12.7. The molecule has 2 amide bonds. The summed E-state index contributed by atoms with van der Waals surface area (Å²) in [5.74, 6) is 0.215. The van der Waals surface area contributed by atoms with Gasteiger partial charge in [-0.15, -0.1) is 0 Å². The van der Waals surface area contributed by atoms with Gasteiger partial charge in [0.25, 0.3) is 0 Å². The van der Waals surface area contributed by atoms with Gasteiger partial charge in [-0.2, -0.15) is 11.3 Å². The highest BCUT2D eigenvalue weighted by molar-refractivity contribution is 7.07. The van der Waals surface area contributed by atoms with Crippen molar-refractivity contribution in [2.45, 2.75) is 19.8 Å². The molecular weight excluding hydrogens is 298 g/mol. The molecule has 0 aromatic carbocycles. The standard InChI is InChI=1S/C16H19N3O2S/c1-12-5-7-17-14(9-12)18-15(20)10-19(2)16(21)4-3-13-6-8-22-11-13/h5-9,11H,3-4,10H2,1-2H3,(H,17,18,20). The number of rotatable bonds is 6. The minimum atomic E-state index is -0.246. The minimum absolute atomic E-state index is 0.0259. The van der Waals surface area contributed by atoms with Crippen LogP contribution in [0.5, 0.6) is 0 Å². The second-order valence-corrected chi connectivity index (χ2v) is 5.93. The van der Waals surface area contributed by atoms with E-state index < -0.39 is 0 Å². The van der Waals surface area contributed by atoms with Crippen molar-refractivity contribution in [1.82, 2.24) is 9.88 Å². The second kappa shape index (κ2) is 7.70. The normalized spacial score (nSPS) is 10.3. The van der Waals surface area contributed by atoms with Gasteiger partial charge in [0.05, 0.1) is 6.54 Å². The number of aryl methyl sites for hydroxylation is 2. The maximum absolute atomic E-state index is 12.0. The third-order valence-electron chi connectivity index (χ3n) is 3.20. The molecule has 0 bridgehead atoms. The molecule has 2 heterocycles. The number of aromatic nitrogens is 1. The molecule has 2 aromatic heterocycles. The number of anilines is 1. The molecule has 116 valence electrons. The van der Waals surface area contributed by atoms with Gasteiger partial charge in [0.1, 0.15) is 5.82 Å². The molecule has 6 heteroatoms. The number of hydrogen-bond acceptors (Lipinski definition) is 4. The summed E-state index contributed by atoms with van der Waals surface area (Å²) in [5.41, 5.74) is 2.17. The van der Waals surface area contributed by atoms with Crippen LogP contribution in [0.3, 0.4) is 0 Å². The van der Waals surface area contributed by atoms with Gasteiger partial charge in [0, 0.05) is 19.7 Å². The average molecular weight is 317 g/mol. The summed E-state index contributed by atoms with van der Waals surface area (Å²) >= 11 is 1.62. The SMILES string of the molecule is Cc1ccnc(NC(=O)CN(C)C(=O)CCc2ccsc2)c1. The number of pyridine rings is 1. The van der Waals surface area contributed by atoms with Gasteiger partial charge < -0.3 is 10.2 Å². The largest absolute Gasteiger partial charge is 0.336 e. The molecule has 0 fully saturated rings. The Hall–Kier alpha value is -2.21. The van der Waals surface area contributed by atoms with Crippen molar-refractivity contribution in [3.05, 3.63) is 46.3 Å². The van der Waals surface area contributed by atoms with Crippen LogP contribution in [-0.4, -0.2) is 35.3 Å². The molecule has 0 atom stereocenters. The number of amides is 2. The Labute approximate surface area is 134 Å². The first-order valence-corrected chi connectivity index (χ1v) is 7.96. The minimum Gasteiger partial charge on any atom is -0.336 e. The van der Waals surface area contributed by atoms with E-state index in [9.17, 15) is 9.59 Å². The highest BCUT2D eigenvalue weighted by Crippen LogP contribution is 2.09. The molecule has 2 aromatic rings. The fourth-order valence-electron chi connectivity index (χ4n) is 1.97. The van der Waals surface area contributed by atoms with Gasteiger partial charge >= 0.3 is 0 Å². The summed E-state index contributed by atoms with van der Waals surface area (Å²) in [4.78, 5) is 29.5. The van der Waals surface area contributed by atoms with E-state index in [1.807, 2.05) is 29.8 Å². The number of thiophene rings is 1. The smallest absolute Gasteiger partial charge is 0.245 e. The Bertz CT molecular complexity index is 641. The number of likely N-dealkylation sites (N-methyl/N-ethyl adjacent to an activating group) is 1. The Kier molecular flexibility index (Phi) is 5.66. The predicted octanol–water partition coefficient (Wildman–Crippen LogP) is 2.48. The number of carbonyl (C=O) groups is 2. The van der Waals surface area contributed by atoms with Gasteiger partial charge in [-0.25, -0.2) is 4.98 Å². The molecule has 0 aliphatic heterocycles. The van der Waals surface area contributed by atoms with Crippen molar-refractivity contribution in [3.8, 4) is 0 Å². The lowest BCUT2D eigenvalue weighted by Crippen LogP contribution is -2.35. The van der Waals surface area contributed by atoms with Gasteiger partial charge in [0.15, 0.2) is 0 Å². The first-order chi connectivity index (χ1) is 10.5. The summed E-state index contributed by atoms with van der Waals surface area (Å²) < 4.78 is 0. The number of hydrogen-bond donors (Lipinski definition) is 1. The lowest BCUT2D eigenvalue weighted by atomic mass is 10.2. The summed E-state index contributed by atoms with van der Waals surface area (Å²) in [6, 6.07) is 5.65. The zero-order chi connectivity index (χ0) is 15.9. The Morgan fingerprint density at radius 1 is 1.36 bits per heavy atom. The van der Waals surface area contributed by atoms with E-state index in [1.165, 1.54) is 4.90 Å². The summed E-state index contributed by atoms with van der Waals surface area (Å²) in [6.07, 6.45) is 2.75. The average Bonchev–Trinajstić information content (AvgIpc) is 2.97. The Morgan fingerprint density at radius 3 is 2.86 bits per heavy atom. The van der Waals surface area contributed by atoms with E-state index >= 15 is 0 Å². The summed E-state index contributed by atoms with van der Waals surface area (Å²) in [7, 11) is 1.64. The highest BCUT2D eigenvalue weighted by Gasteiger charge is 2.13. The van der Waals surface area contributed by atoms with E-state index in [4.69, 9.17) is 0 Å². The van der Waals surface area contributed by atoms with Crippen LogP contribution in [0.2, 0.25) is 0 Å². The van der Waals surface area contributed by atoms with Crippen LogP contribution >= 0.6 is 11.3 Å². The van der Waals surface area contributed by atoms with E-state index in [0.717, 1.165) is 11.1 Å². The fraction of sp³-hybridized carbons (Fsp3) is 0.312. The maximum atomic E-state index is 12.0. The third-order valence-corrected chi connectivity index (χ3v) is 3.93. The predicted molar refractivity (Wildman–Crippen MR) is 87.9 cm³/mol. The second-order valence-electron chi connectivity index (χ2n) is 5.15. The van der Waals surface area contributed by atoms with Crippen LogP contribution < -0.4 is 5.32 Å². The molecule has 0 unspecified atom stereocenters. The Balaban J connectivity index is 1.79. The van der Waals surface area contributed by atoms with Crippen molar-refractivity contribution in [1.29, 1.82) is 0 Å². The molecule has 0 saturated carbocycles. The van der Waals surface area contributed by atoms with E-state index in [1.54, 1.807) is 30.6 Å². The van der Waals surface area contributed by atoms with E-state index in [2.05, 4.69) is 10.3 Å². The maximum Gasteiger partial charge on any atom is 0.245 e. The molecule has 0 aliphatic carbocycles. The van der Waals surface area contributed by atoms with Crippen LogP contribution in [0.15, 0.2) is 35.2 Å². The van der Waals surface area contributed by atoms with Crippen molar-refractivity contribution in [2.24, 2.45) is 0 Å². The number of nitrogens with one attached hydrogen (secondary N) is 1. The first-order valence-electron chi connectivity index (χ1n) is 7.02. The first kappa shape index (κ1) is 16.2. The molecule has 2 rings (SSSR count). The lowest BCUT2D eigenvalue weighted by molar-refractivity contribution is -0.133. The number of nitrogens with zero attached hydrogens (tertiary/aromatic N) is 2. The topological polar surface area (TPSA) is 62.3 Å². The van der Waals surface area contributed by atoms with Crippen LogP contribution in [0, 0.1) is 6.92 Å². The van der Waals surface area contributed by atoms with Crippen molar-refractivity contribution in [2.75, 3.05) is 18.9 Å². The highest BCUT2D eigenvalue weighted by atomic mass is 32.1. The summed E-state index contributed by atoms with van der Waals surface area (Å²) in [5, 5.41) is 6.72. The van der Waals surface area contributed by atoms with Crippen LogP contribution in [0.4, 0.5) is 5.82 Å². The quantitative estimate of drug-likeness (QED) is 0.890.